The van der Waals surface area contributed by atoms with Crippen molar-refractivity contribution in [2.24, 2.45) is 0 Å². The molecular formula is C16H17N3O. The topological polar surface area (TPSA) is 64.0 Å². The standard InChI is InChI=1S/C16H17N3O/c1-13-15(14-6-2-3-7-16(14)20-13)12-19(10-4-8-17)11-5-9-18/h2-3,6-7H,4-5,10-12H2,1H3. The van der Waals surface area contributed by atoms with Crippen molar-refractivity contribution in [3.05, 3.63) is 35.6 Å². The van der Waals surface area contributed by atoms with Gasteiger partial charge >= 0.3 is 0 Å². The first-order valence-electron chi connectivity index (χ1n) is 6.69. The van der Waals surface area contributed by atoms with Gasteiger partial charge in [0.05, 0.1) is 12.1 Å². The van der Waals surface area contributed by atoms with E-state index in [1.54, 1.807) is 0 Å². The minimum Gasteiger partial charge on any atom is -0.461 e. The predicted molar refractivity (Wildman–Crippen MR) is 76.7 cm³/mol. The lowest BCUT2D eigenvalue weighted by Crippen LogP contribution is -2.25. The van der Waals surface area contributed by atoms with Crippen molar-refractivity contribution in [3.8, 4) is 12.1 Å². The Morgan fingerprint density at radius 1 is 1.10 bits per heavy atom. The zero-order chi connectivity index (χ0) is 14.4. The van der Waals surface area contributed by atoms with E-state index < -0.39 is 0 Å². The largest absolute Gasteiger partial charge is 0.461 e. The molecule has 0 bridgehead atoms. The van der Waals surface area contributed by atoms with Crippen LogP contribution in [0.5, 0.6) is 0 Å². The van der Waals surface area contributed by atoms with Crippen LogP contribution in [0.4, 0.5) is 0 Å². The second-order valence-corrected chi connectivity index (χ2v) is 4.73. The van der Waals surface area contributed by atoms with Crippen molar-refractivity contribution in [3.63, 3.8) is 0 Å². The number of benzene rings is 1. The molecule has 4 nitrogen and oxygen atoms in total. The number of nitrogens with zero attached hydrogens (tertiary/aromatic N) is 3. The molecule has 0 unspecified atom stereocenters. The van der Waals surface area contributed by atoms with E-state index in [-0.39, 0.29) is 0 Å². The fourth-order valence-corrected chi connectivity index (χ4v) is 2.33. The average Bonchev–Trinajstić information content (AvgIpc) is 2.78. The number of nitriles is 2. The van der Waals surface area contributed by atoms with Crippen LogP contribution in [0, 0.1) is 29.6 Å². The van der Waals surface area contributed by atoms with Crippen molar-refractivity contribution in [1.82, 2.24) is 4.90 Å². The third-order valence-corrected chi connectivity index (χ3v) is 3.36. The van der Waals surface area contributed by atoms with E-state index in [0.717, 1.165) is 22.3 Å². The number of para-hydroxylation sites is 1. The Hall–Kier alpha value is -2.30. The van der Waals surface area contributed by atoms with E-state index >= 15 is 0 Å². The fourth-order valence-electron chi connectivity index (χ4n) is 2.33. The minimum absolute atomic E-state index is 0.472. The van der Waals surface area contributed by atoms with Gasteiger partial charge in [0.1, 0.15) is 11.3 Å². The molecule has 0 saturated heterocycles. The normalized spacial score (nSPS) is 10.6. The van der Waals surface area contributed by atoms with Crippen molar-refractivity contribution >= 4 is 11.0 Å². The van der Waals surface area contributed by atoms with Crippen LogP contribution in [0.15, 0.2) is 28.7 Å². The molecule has 0 spiro atoms. The molecule has 2 rings (SSSR count). The monoisotopic (exact) mass is 267 g/mol. The van der Waals surface area contributed by atoms with Crippen LogP contribution >= 0.6 is 0 Å². The lowest BCUT2D eigenvalue weighted by Gasteiger charge is -2.19. The highest BCUT2D eigenvalue weighted by molar-refractivity contribution is 5.82. The Morgan fingerprint density at radius 2 is 1.75 bits per heavy atom. The number of hydrogen-bond acceptors (Lipinski definition) is 4. The number of aryl methyl sites for hydroxylation is 1. The van der Waals surface area contributed by atoms with Gasteiger partial charge in [0.15, 0.2) is 0 Å². The maximum absolute atomic E-state index is 8.73. The molecule has 0 radical (unpaired) electrons. The van der Waals surface area contributed by atoms with Crippen LogP contribution in [-0.2, 0) is 6.54 Å². The van der Waals surface area contributed by atoms with E-state index in [9.17, 15) is 0 Å². The highest BCUT2D eigenvalue weighted by atomic mass is 16.3. The SMILES string of the molecule is Cc1oc2ccccc2c1CN(CCC#N)CCC#N. The first kappa shape index (κ1) is 14.1. The van der Waals surface area contributed by atoms with Gasteiger partial charge in [-0.2, -0.15) is 10.5 Å². The third-order valence-electron chi connectivity index (χ3n) is 3.36. The van der Waals surface area contributed by atoms with Crippen molar-refractivity contribution in [2.75, 3.05) is 13.1 Å². The molecule has 0 aliphatic heterocycles. The molecule has 4 heteroatoms. The molecule has 2 aromatic rings. The minimum atomic E-state index is 0.472. The van der Waals surface area contributed by atoms with Crippen LogP contribution in [0.3, 0.4) is 0 Å². The highest BCUT2D eigenvalue weighted by Gasteiger charge is 2.14. The van der Waals surface area contributed by atoms with Gasteiger partial charge in [0.2, 0.25) is 0 Å². The molecule has 20 heavy (non-hydrogen) atoms. The zero-order valence-corrected chi connectivity index (χ0v) is 11.6. The Bertz CT molecular complexity index is 642. The maximum Gasteiger partial charge on any atom is 0.134 e. The second kappa shape index (κ2) is 6.75. The first-order chi connectivity index (χ1) is 9.76. The van der Waals surface area contributed by atoms with Crippen LogP contribution in [0.25, 0.3) is 11.0 Å². The van der Waals surface area contributed by atoms with Gasteiger partial charge in [-0.15, -0.1) is 0 Å². The Balaban J connectivity index is 2.21. The van der Waals surface area contributed by atoms with Crippen molar-refractivity contribution in [2.45, 2.75) is 26.3 Å². The Kier molecular flexibility index (Phi) is 4.76. The van der Waals surface area contributed by atoms with Crippen LogP contribution in [0.2, 0.25) is 0 Å². The highest BCUT2D eigenvalue weighted by Crippen LogP contribution is 2.26. The van der Waals surface area contributed by atoms with Crippen LogP contribution < -0.4 is 0 Å². The molecule has 1 aromatic carbocycles. The van der Waals surface area contributed by atoms with E-state index in [0.29, 0.717) is 32.5 Å². The van der Waals surface area contributed by atoms with Crippen LogP contribution in [0.1, 0.15) is 24.2 Å². The van der Waals surface area contributed by atoms with Gasteiger partial charge in [-0.3, -0.25) is 4.90 Å². The van der Waals surface area contributed by atoms with Crippen LogP contribution in [-0.4, -0.2) is 18.0 Å². The fraction of sp³-hybridized carbons (Fsp3) is 0.375. The summed E-state index contributed by atoms with van der Waals surface area (Å²) < 4.78 is 5.75. The number of rotatable bonds is 6. The molecule has 1 heterocycles. The lowest BCUT2D eigenvalue weighted by atomic mass is 10.1. The summed E-state index contributed by atoms with van der Waals surface area (Å²) in [5, 5.41) is 18.6. The third kappa shape index (κ3) is 3.17. The molecule has 0 aliphatic carbocycles. The average molecular weight is 267 g/mol. The molecular weight excluding hydrogens is 250 g/mol. The lowest BCUT2D eigenvalue weighted by molar-refractivity contribution is 0.277. The predicted octanol–water partition coefficient (Wildman–Crippen LogP) is 3.37. The quantitative estimate of drug-likeness (QED) is 0.805. The number of hydrogen-bond donors (Lipinski definition) is 0. The number of furan rings is 1. The Labute approximate surface area is 118 Å². The molecule has 0 saturated carbocycles. The summed E-state index contributed by atoms with van der Waals surface area (Å²) in [5.41, 5.74) is 2.04. The van der Waals surface area contributed by atoms with E-state index in [1.807, 2.05) is 31.2 Å². The summed E-state index contributed by atoms with van der Waals surface area (Å²) in [6.07, 6.45) is 0.945. The van der Waals surface area contributed by atoms with Gasteiger partial charge in [0, 0.05) is 43.4 Å². The summed E-state index contributed by atoms with van der Waals surface area (Å²) >= 11 is 0. The second-order valence-electron chi connectivity index (χ2n) is 4.73. The van der Waals surface area contributed by atoms with Crippen molar-refractivity contribution in [1.29, 1.82) is 10.5 Å². The van der Waals surface area contributed by atoms with E-state index in [4.69, 9.17) is 14.9 Å². The molecule has 0 atom stereocenters. The van der Waals surface area contributed by atoms with Gasteiger partial charge in [-0.25, -0.2) is 0 Å². The summed E-state index contributed by atoms with van der Waals surface area (Å²) in [6.45, 7) is 4.03. The molecule has 0 aliphatic rings. The summed E-state index contributed by atoms with van der Waals surface area (Å²) in [5.74, 6) is 0.908. The zero-order valence-electron chi connectivity index (χ0n) is 11.6. The Morgan fingerprint density at radius 3 is 2.40 bits per heavy atom. The van der Waals surface area contributed by atoms with Gasteiger partial charge in [-0.1, -0.05) is 18.2 Å². The first-order valence-corrected chi connectivity index (χ1v) is 6.69. The summed E-state index contributed by atoms with van der Waals surface area (Å²) in [4.78, 5) is 2.14. The summed E-state index contributed by atoms with van der Waals surface area (Å²) in [7, 11) is 0. The van der Waals surface area contributed by atoms with Gasteiger partial charge in [0.25, 0.3) is 0 Å². The molecule has 0 fully saturated rings. The molecule has 0 N–H and O–H groups in total. The molecule has 1 aromatic heterocycles. The smallest absolute Gasteiger partial charge is 0.134 e. The van der Waals surface area contributed by atoms with E-state index in [1.165, 1.54) is 0 Å². The molecule has 102 valence electrons. The number of fused-ring (bicyclic) bond motifs is 1. The van der Waals surface area contributed by atoms with Gasteiger partial charge < -0.3 is 4.42 Å². The maximum atomic E-state index is 8.73. The molecule has 0 amide bonds. The van der Waals surface area contributed by atoms with Crippen molar-refractivity contribution < 1.29 is 4.42 Å². The van der Waals surface area contributed by atoms with E-state index in [2.05, 4.69) is 17.0 Å². The summed E-state index contributed by atoms with van der Waals surface area (Å²) in [6, 6.07) is 12.3. The van der Waals surface area contributed by atoms with Gasteiger partial charge in [-0.05, 0) is 13.0 Å².